The van der Waals surface area contributed by atoms with Gasteiger partial charge in [-0.3, -0.25) is 0 Å². The third-order valence-electron chi connectivity index (χ3n) is 2.48. The van der Waals surface area contributed by atoms with E-state index in [-0.39, 0.29) is 0 Å². The van der Waals surface area contributed by atoms with Crippen LogP contribution in [0.4, 0.5) is 0 Å². The van der Waals surface area contributed by atoms with Crippen molar-refractivity contribution in [3.05, 3.63) is 34.4 Å². The van der Waals surface area contributed by atoms with Gasteiger partial charge in [-0.2, -0.15) is 0 Å². The fourth-order valence-electron chi connectivity index (χ4n) is 1.60. The van der Waals surface area contributed by atoms with E-state index < -0.39 is 5.97 Å². The minimum Gasteiger partial charge on any atom is -0.496 e. The zero-order chi connectivity index (χ0) is 13.8. The molecule has 0 N–H and O–H groups in total. The van der Waals surface area contributed by atoms with Gasteiger partial charge in [0.25, 0.3) is 0 Å². The average Bonchev–Trinajstić information content (AvgIpc) is 2.89. The molecule has 0 fully saturated rings. The van der Waals surface area contributed by atoms with Gasteiger partial charge in [0, 0.05) is 5.56 Å². The van der Waals surface area contributed by atoms with Crippen LogP contribution in [0, 0.1) is 0 Å². The zero-order valence-corrected chi connectivity index (χ0v) is 12.1. The summed E-state index contributed by atoms with van der Waals surface area (Å²) in [5.41, 5.74) is 0.992. The molecule has 2 aromatic rings. The average molecular weight is 326 g/mol. The maximum absolute atomic E-state index is 11.8. The molecule has 1 aromatic heterocycles. The number of rotatable bonds is 4. The number of carbonyl (C=O) groups is 1. The number of nitrogens with zero attached hydrogens (tertiary/aromatic N) is 1. The van der Waals surface area contributed by atoms with Crippen LogP contribution in [0.2, 0.25) is 0 Å². The molecule has 0 saturated carbocycles. The van der Waals surface area contributed by atoms with Crippen LogP contribution in [0.15, 0.2) is 33.4 Å². The summed E-state index contributed by atoms with van der Waals surface area (Å²) in [6, 6.07) is 5.37. The summed E-state index contributed by atoms with van der Waals surface area (Å²) < 4.78 is 16.1. The Balaban J connectivity index is 2.42. The highest BCUT2D eigenvalue weighted by Crippen LogP contribution is 2.32. The van der Waals surface area contributed by atoms with Gasteiger partial charge in [0.1, 0.15) is 11.3 Å². The number of halogens is 1. The molecule has 100 valence electrons. The second-order valence-corrected chi connectivity index (χ2v) is 4.49. The predicted octanol–water partition coefficient (Wildman–Crippen LogP) is 3.29. The number of hydrogen-bond donors (Lipinski definition) is 0. The molecule has 0 spiro atoms. The van der Waals surface area contributed by atoms with Gasteiger partial charge in [0.2, 0.25) is 0 Å². The Morgan fingerprint density at radius 1 is 1.47 bits per heavy atom. The summed E-state index contributed by atoms with van der Waals surface area (Å²) in [6.07, 6.45) is 1.35. The molecule has 6 heteroatoms. The molecule has 1 aromatic carbocycles. The Hall–Kier alpha value is -1.82. The minimum atomic E-state index is -0.458. The summed E-state index contributed by atoms with van der Waals surface area (Å²) in [7, 11) is 1.57. The number of carbonyl (C=O) groups excluding carboxylic acids is 1. The third-order valence-corrected chi connectivity index (χ3v) is 3.13. The van der Waals surface area contributed by atoms with E-state index in [1.807, 2.05) is 6.07 Å². The SMILES string of the molecule is CCOC(=O)c1cnoc1-c1ccc(Br)c(OC)c1. The highest BCUT2D eigenvalue weighted by molar-refractivity contribution is 9.10. The first-order chi connectivity index (χ1) is 9.17. The van der Waals surface area contributed by atoms with E-state index in [4.69, 9.17) is 14.0 Å². The largest absolute Gasteiger partial charge is 0.496 e. The highest BCUT2D eigenvalue weighted by Gasteiger charge is 2.19. The fourth-order valence-corrected chi connectivity index (χ4v) is 2.01. The van der Waals surface area contributed by atoms with Crippen LogP contribution in [0.1, 0.15) is 17.3 Å². The Morgan fingerprint density at radius 3 is 2.95 bits per heavy atom. The Kier molecular flexibility index (Phi) is 4.21. The fraction of sp³-hybridized carbons (Fsp3) is 0.231. The first-order valence-corrected chi connectivity index (χ1v) is 6.42. The van der Waals surface area contributed by atoms with Crippen LogP contribution in [0.3, 0.4) is 0 Å². The van der Waals surface area contributed by atoms with E-state index in [9.17, 15) is 4.79 Å². The number of methoxy groups -OCH3 is 1. The number of hydrogen-bond acceptors (Lipinski definition) is 5. The van der Waals surface area contributed by atoms with Gasteiger partial charge in [-0.15, -0.1) is 0 Å². The summed E-state index contributed by atoms with van der Waals surface area (Å²) in [6.45, 7) is 2.04. The first-order valence-electron chi connectivity index (χ1n) is 5.63. The normalized spacial score (nSPS) is 10.3. The van der Waals surface area contributed by atoms with Crippen molar-refractivity contribution in [2.75, 3.05) is 13.7 Å². The van der Waals surface area contributed by atoms with Gasteiger partial charge in [-0.1, -0.05) is 5.16 Å². The molecule has 0 aliphatic carbocycles. The van der Waals surface area contributed by atoms with Gasteiger partial charge in [-0.25, -0.2) is 4.79 Å². The molecule has 5 nitrogen and oxygen atoms in total. The molecule has 0 bridgehead atoms. The molecule has 19 heavy (non-hydrogen) atoms. The number of aromatic nitrogens is 1. The Bertz CT molecular complexity index is 594. The van der Waals surface area contributed by atoms with Crippen molar-refractivity contribution in [2.24, 2.45) is 0 Å². The summed E-state index contributed by atoms with van der Waals surface area (Å²) in [5, 5.41) is 3.65. The topological polar surface area (TPSA) is 61.6 Å². The van der Waals surface area contributed by atoms with Gasteiger partial charge in [0.15, 0.2) is 5.76 Å². The molecule has 0 atom stereocenters. The number of ether oxygens (including phenoxy) is 2. The zero-order valence-electron chi connectivity index (χ0n) is 10.5. The lowest BCUT2D eigenvalue weighted by molar-refractivity contribution is 0.0526. The first kappa shape index (κ1) is 13.6. The molecule has 0 unspecified atom stereocenters. The van der Waals surface area contributed by atoms with Gasteiger partial charge in [-0.05, 0) is 41.1 Å². The van der Waals surface area contributed by atoms with Crippen molar-refractivity contribution in [1.29, 1.82) is 0 Å². The van der Waals surface area contributed by atoms with E-state index in [1.54, 1.807) is 26.2 Å². The van der Waals surface area contributed by atoms with Gasteiger partial charge in [0.05, 0.1) is 24.4 Å². The van der Waals surface area contributed by atoms with Gasteiger partial charge < -0.3 is 14.0 Å². The number of benzene rings is 1. The summed E-state index contributed by atoms with van der Waals surface area (Å²) in [5.74, 6) is 0.550. The lowest BCUT2D eigenvalue weighted by Gasteiger charge is -2.06. The molecule has 2 rings (SSSR count). The van der Waals surface area contributed by atoms with Crippen LogP contribution in [-0.4, -0.2) is 24.8 Å². The lowest BCUT2D eigenvalue weighted by atomic mass is 10.1. The van der Waals surface area contributed by atoms with Crippen LogP contribution in [0.5, 0.6) is 5.75 Å². The molecule has 0 radical (unpaired) electrons. The van der Waals surface area contributed by atoms with Crippen LogP contribution in [0.25, 0.3) is 11.3 Å². The van der Waals surface area contributed by atoms with E-state index in [0.29, 0.717) is 29.2 Å². The standard InChI is InChI=1S/C13H12BrNO4/c1-3-18-13(16)9-7-15-19-12(9)8-4-5-10(14)11(6-8)17-2/h4-7H,3H2,1-2H3. The molecule has 0 aliphatic rings. The van der Waals surface area contributed by atoms with E-state index in [0.717, 1.165) is 4.47 Å². The van der Waals surface area contributed by atoms with Crippen molar-refractivity contribution in [3.63, 3.8) is 0 Å². The third kappa shape index (κ3) is 2.78. The van der Waals surface area contributed by atoms with Crippen LogP contribution >= 0.6 is 15.9 Å². The second-order valence-electron chi connectivity index (χ2n) is 3.64. The molecule has 0 saturated heterocycles. The van der Waals surface area contributed by atoms with Crippen molar-refractivity contribution in [3.8, 4) is 17.1 Å². The molecular weight excluding hydrogens is 314 g/mol. The van der Waals surface area contributed by atoms with E-state index in [1.165, 1.54) is 6.20 Å². The monoisotopic (exact) mass is 325 g/mol. The predicted molar refractivity (Wildman–Crippen MR) is 72.1 cm³/mol. The quantitative estimate of drug-likeness (QED) is 0.807. The summed E-state index contributed by atoms with van der Waals surface area (Å²) in [4.78, 5) is 11.8. The maximum atomic E-state index is 11.8. The molecular formula is C13H12BrNO4. The molecule has 0 amide bonds. The smallest absolute Gasteiger partial charge is 0.343 e. The molecule has 0 aliphatic heterocycles. The highest BCUT2D eigenvalue weighted by atomic mass is 79.9. The Labute approximate surface area is 118 Å². The minimum absolute atomic E-state index is 0.297. The van der Waals surface area contributed by atoms with E-state index >= 15 is 0 Å². The second kappa shape index (κ2) is 5.88. The van der Waals surface area contributed by atoms with Crippen LogP contribution < -0.4 is 4.74 Å². The maximum Gasteiger partial charge on any atom is 0.343 e. The van der Waals surface area contributed by atoms with Crippen molar-refractivity contribution < 1.29 is 18.8 Å². The summed E-state index contributed by atoms with van der Waals surface area (Å²) >= 11 is 3.36. The van der Waals surface area contributed by atoms with Gasteiger partial charge >= 0.3 is 5.97 Å². The van der Waals surface area contributed by atoms with Crippen molar-refractivity contribution >= 4 is 21.9 Å². The Morgan fingerprint density at radius 2 is 2.26 bits per heavy atom. The van der Waals surface area contributed by atoms with Crippen LogP contribution in [-0.2, 0) is 4.74 Å². The molecule has 1 heterocycles. The van der Waals surface area contributed by atoms with E-state index in [2.05, 4.69) is 21.1 Å². The lowest BCUT2D eigenvalue weighted by Crippen LogP contribution is -2.04. The van der Waals surface area contributed by atoms with Crippen molar-refractivity contribution in [2.45, 2.75) is 6.92 Å². The number of esters is 1. The van der Waals surface area contributed by atoms with Crippen molar-refractivity contribution in [1.82, 2.24) is 5.16 Å².